The van der Waals surface area contributed by atoms with Crippen LogP contribution in [0.1, 0.15) is 19.3 Å². The van der Waals surface area contributed by atoms with E-state index < -0.39 is 5.54 Å². The van der Waals surface area contributed by atoms with Crippen molar-refractivity contribution >= 4 is 11.9 Å². The Bertz CT molecular complexity index is 266. The summed E-state index contributed by atoms with van der Waals surface area (Å²) in [5.41, 5.74) is 4.88. The van der Waals surface area contributed by atoms with Crippen LogP contribution in [0.3, 0.4) is 0 Å². The second-order valence-corrected chi connectivity index (χ2v) is 3.70. The molecule has 3 amide bonds. The van der Waals surface area contributed by atoms with Gasteiger partial charge in [0.05, 0.1) is 0 Å². The predicted octanol–water partition coefficient (Wildman–Crippen LogP) is -0.677. The fraction of sp³-hybridized carbons (Fsp3) is 0.750. The summed E-state index contributed by atoms with van der Waals surface area (Å²) in [7, 11) is 0. The summed E-state index contributed by atoms with van der Waals surface area (Å²) in [4.78, 5) is 22.5. The Morgan fingerprint density at radius 3 is 2.85 bits per heavy atom. The number of carbonyl (C=O) groups is 2. The van der Waals surface area contributed by atoms with Gasteiger partial charge in [0.1, 0.15) is 5.54 Å². The molecule has 2 unspecified atom stereocenters. The van der Waals surface area contributed by atoms with Gasteiger partial charge in [0, 0.05) is 5.92 Å². The summed E-state index contributed by atoms with van der Waals surface area (Å²) < 4.78 is 0. The number of hydrogen-bond donors (Lipinski definition) is 3. The van der Waals surface area contributed by atoms with Crippen molar-refractivity contribution in [1.29, 1.82) is 0 Å². The maximum atomic E-state index is 11.5. The lowest BCUT2D eigenvalue weighted by molar-refractivity contribution is -0.125. The minimum absolute atomic E-state index is 0.0962. The van der Waals surface area contributed by atoms with Gasteiger partial charge in [0.15, 0.2) is 0 Å². The molecule has 2 atom stereocenters. The van der Waals surface area contributed by atoms with Gasteiger partial charge in [-0.1, -0.05) is 6.42 Å². The summed E-state index contributed by atoms with van der Waals surface area (Å²) >= 11 is 0. The lowest BCUT2D eigenvalue weighted by atomic mass is 9.87. The number of carbonyl (C=O) groups excluding carboxylic acids is 2. The first-order valence-corrected chi connectivity index (χ1v) is 4.53. The van der Waals surface area contributed by atoms with E-state index >= 15 is 0 Å². The molecule has 72 valence electrons. The van der Waals surface area contributed by atoms with Crippen molar-refractivity contribution in [2.24, 2.45) is 11.7 Å². The van der Waals surface area contributed by atoms with Crippen LogP contribution in [0.15, 0.2) is 0 Å². The average Bonchev–Trinajstić information content (AvgIpc) is 2.59. The first-order valence-electron chi connectivity index (χ1n) is 4.53. The summed E-state index contributed by atoms with van der Waals surface area (Å²) in [6, 6.07) is -0.384. The second kappa shape index (κ2) is 2.70. The van der Waals surface area contributed by atoms with Crippen molar-refractivity contribution in [3.63, 3.8) is 0 Å². The lowest BCUT2D eigenvalue weighted by Crippen LogP contribution is -2.52. The third kappa shape index (κ3) is 1.03. The fourth-order valence-corrected chi connectivity index (χ4v) is 2.37. The maximum Gasteiger partial charge on any atom is 0.322 e. The topological polar surface area (TPSA) is 84.2 Å². The van der Waals surface area contributed by atoms with Crippen molar-refractivity contribution in [2.75, 3.05) is 6.54 Å². The van der Waals surface area contributed by atoms with Crippen LogP contribution in [0.4, 0.5) is 4.79 Å². The minimum atomic E-state index is -0.689. The first-order chi connectivity index (χ1) is 6.19. The van der Waals surface area contributed by atoms with E-state index in [1.807, 2.05) is 0 Å². The molecular weight excluding hydrogens is 170 g/mol. The molecule has 4 N–H and O–H groups in total. The molecule has 1 saturated carbocycles. The van der Waals surface area contributed by atoms with E-state index in [0.717, 1.165) is 12.8 Å². The molecule has 2 rings (SSSR count). The smallest absolute Gasteiger partial charge is 0.322 e. The molecule has 13 heavy (non-hydrogen) atoms. The van der Waals surface area contributed by atoms with Crippen molar-refractivity contribution in [1.82, 2.24) is 10.6 Å². The number of urea groups is 1. The van der Waals surface area contributed by atoms with Crippen LogP contribution >= 0.6 is 0 Å². The highest BCUT2D eigenvalue weighted by atomic mass is 16.2. The van der Waals surface area contributed by atoms with Gasteiger partial charge in [-0.25, -0.2) is 4.79 Å². The molecule has 0 radical (unpaired) electrons. The molecule has 5 heteroatoms. The molecule has 2 aliphatic rings. The van der Waals surface area contributed by atoms with Crippen molar-refractivity contribution in [3.8, 4) is 0 Å². The number of imide groups is 1. The molecule has 0 aromatic carbocycles. The standard InChI is InChI=1S/C8H13N3O2/c9-4-5-2-1-3-8(5)6(12)10-7(13)11-8/h5H,1-4,9H2,(H2,10,11,12,13). The Labute approximate surface area is 76.0 Å². The van der Waals surface area contributed by atoms with E-state index in [2.05, 4.69) is 10.6 Å². The van der Waals surface area contributed by atoms with Gasteiger partial charge in [-0.15, -0.1) is 0 Å². The zero-order valence-corrected chi connectivity index (χ0v) is 7.30. The van der Waals surface area contributed by atoms with E-state index in [1.54, 1.807) is 0 Å². The van der Waals surface area contributed by atoms with E-state index in [0.29, 0.717) is 13.0 Å². The Morgan fingerprint density at radius 1 is 1.54 bits per heavy atom. The molecule has 1 heterocycles. The average molecular weight is 183 g/mol. The van der Waals surface area contributed by atoms with E-state index in [1.165, 1.54) is 0 Å². The number of nitrogens with one attached hydrogen (secondary N) is 2. The molecule has 1 spiro atoms. The minimum Gasteiger partial charge on any atom is -0.330 e. The fourth-order valence-electron chi connectivity index (χ4n) is 2.37. The summed E-state index contributed by atoms with van der Waals surface area (Å²) in [6.45, 7) is 0.452. The first kappa shape index (κ1) is 8.50. The van der Waals surface area contributed by atoms with Gasteiger partial charge >= 0.3 is 6.03 Å². The Morgan fingerprint density at radius 2 is 2.31 bits per heavy atom. The number of hydrogen-bond acceptors (Lipinski definition) is 3. The van der Waals surface area contributed by atoms with Crippen molar-refractivity contribution in [3.05, 3.63) is 0 Å². The Hall–Kier alpha value is -1.10. The van der Waals surface area contributed by atoms with Gasteiger partial charge in [-0.05, 0) is 19.4 Å². The van der Waals surface area contributed by atoms with Gasteiger partial charge in [0.2, 0.25) is 0 Å². The largest absolute Gasteiger partial charge is 0.330 e. The summed E-state index contributed by atoms with van der Waals surface area (Å²) in [5.74, 6) is -0.107. The van der Waals surface area contributed by atoms with Crippen LogP contribution in [0.5, 0.6) is 0 Å². The second-order valence-electron chi connectivity index (χ2n) is 3.70. The molecule has 5 nitrogen and oxygen atoms in total. The summed E-state index contributed by atoms with van der Waals surface area (Å²) in [5, 5.41) is 4.97. The Kier molecular flexibility index (Phi) is 1.76. The normalized spacial score (nSPS) is 38.1. The van der Waals surface area contributed by atoms with Gasteiger partial charge in [0.25, 0.3) is 5.91 Å². The predicted molar refractivity (Wildman–Crippen MR) is 45.8 cm³/mol. The maximum absolute atomic E-state index is 11.5. The third-order valence-corrected chi connectivity index (χ3v) is 3.07. The van der Waals surface area contributed by atoms with Gasteiger partial charge in [-0.2, -0.15) is 0 Å². The summed E-state index contributed by atoms with van der Waals surface area (Å²) in [6.07, 6.45) is 2.59. The number of rotatable bonds is 1. The molecule has 1 aliphatic carbocycles. The van der Waals surface area contributed by atoms with Crippen LogP contribution in [0.2, 0.25) is 0 Å². The van der Waals surface area contributed by atoms with Crippen LogP contribution in [-0.2, 0) is 4.79 Å². The monoisotopic (exact) mass is 183 g/mol. The highest BCUT2D eigenvalue weighted by Crippen LogP contribution is 2.36. The van der Waals surface area contributed by atoms with Crippen LogP contribution < -0.4 is 16.4 Å². The van der Waals surface area contributed by atoms with Crippen molar-refractivity contribution in [2.45, 2.75) is 24.8 Å². The van der Waals surface area contributed by atoms with Gasteiger partial charge in [-0.3, -0.25) is 10.1 Å². The molecule has 0 bridgehead atoms. The zero-order valence-electron chi connectivity index (χ0n) is 7.30. The zero-order chi connectivity index (χ0) is 9.47. The van der Waals surface area contributed by atoms with E-state index in [4.69, 9.17) is 5.73 Å². The lowest BCUT2D eigenvalue weighted by Gasteiger charge is -2.26. The van der Waals surface area contributed by atoms with E-state index in [-0.39, 0.29) is 17.9 Å². The SMILES string of the molecule is NCC1CCCC12NC(=O)NC2=O. The third-order valence-electron chi connectivity index (χ3n) is 3.07. The molecule has 0 aromatic rings. The molecule has 2 fully saturated rings. The molecule has 0 aromatic heterocycles. The highest BCUT2D eigenvalue weighted by molar-refractivity contribution is 6.07. The highest BCUT2D eigenvalue weighted by Gasteiger charge is 2.53. The number of amides is 3. The Balaban J connectivity index is 2.28. The quantitative estimate of drug-likeness (QED) is 0.471. The number of nitrogens with two attached hydrogens (primary N) is 1. The molecule has 1 aliphatic heterocycles. The van der Waals surface area contributed by atoms with E-state index in [9.17, 15) is 9.59 Å². The van der Waals surface area contributed by atoms with Gasteiger partial charge < -0.3 is 11.1 Å². The van der Waals surface area contributed by atoms with Crippen molar-refractivity contribution < 1.29 is 9.59 Å². The van der Waals surface area contributed by atoms with Crippen LogP contribution in [-0.4, -0.2) is 24.0 Å². The molecule has 1 saturated heterocycles. The van der Waals surface area contributed by atoms with Crippen LogP contribution in [0, 0.1) is 5.92 Å². The molecular formula is C8H13N3O2. The van der Waals surface area contributed by atoms with Crippen LogP contribution in [0.25, 0.3) is 0 Å².